The van der Waals surface area contributed by atoms with Crippen LogP contribution in [0.1, 0.15) is 38.5 Å². The molecule has 1 aliphatic carbocycles. The largest absolute Gasteiger partial charge is 0.381 e. The Balaban J connectivity index is 1.46. The lowest BCUT2D eigenvalue weighted by Crippen LogP contribution is -2.36. The molecule has 0 unspecified atom stereocenters. The highest BCUT2D eigenvalue weighted by molar-refractivity contribution is 5.89. The zero-order valence-electron chi connectivity index (χ0n) is 12.4. The Hall–Kier alpha value is -1.56. The first-order valence-corrected chi connectivity index (χ1v) is 7.97. The maximum Gasteiger partial charge on any atom is 0.319 e. The van der Waals surface area contributed by atoms with Gasteiger partial charge in [-0.1, -0.05) is 12.8 Å². The van der Waals surface area contributed by atoms with Gasteiger partial charge in [0.05, 0.1) is 11.9 Å². The van der Waals surface area contributed by atoms with Crippen LogP contribution in [0, 0.1) is 5.92 Å². The van der Waals surface area contributed by atoms with Crippen molar-refractivity contribution in [1.82, 2.24) is 15.1 Å². The van der Waals surface area contributed by atoms with Crippen molar-refractivity contribution in [3.05, 3.63) is 12.4 Å². The number of aromatic nitrogens is 2. The number of urea groups is 1. The number of nitrogens with one attached hydrogen (secondary N) is 2. The summed E-state index contributed by atoms with van der Waals surface area (Å²) in [6, 6.07) is 0.217. The van der Waals surface area contributed by atoms with E-state index in [-0.39, 0.29) is 6.03 Å². The number of carbonyl (C=O) groups is 1. The first-order chi connectivity index (χ1) is 10.3. The van der Waals surface area contributed by atoms with Crippen molar-refractivity contribution in [2.45, 2.75) is 51.1 Å². The van der Waals surface area contributed by atoms with E-state index in [1.165, 1.54) is 12.8 Å². The number of hydrogen-bond acceptors (Lipinski definition) is 3. The quantitative estimate of drug-likeness (QED) is 0.895. The number of hydrogen-bond donors (Lipinski definition) is 2. The molecule has 0 bridgehead atoms. The second-order valence-electron chi connectivity index (χ2n) is 6.09. The maximum absolute atomic E-state index is 11.9. The van der Waals surface area contributed by atoms with Crippen molar-refractivity contribution in [2.24, 2.45) is 5.92 Å². The fourth-order valence-electron chi connectivity index (χ4n) is 3.14. The standard InChI is InChI=1S/C15H24N4O2/c20-15(17-13-3-1-2-4-13)18-14-9-16-19(11-14)10-12-5-7-21-8-6-12/h9,11-13H,1-8,10H2,(H2,17,18,20). The minimum Gasteiger partial charge on any atom is -0.381 e. The Kier molecular flexibility index (Phi) is 4.75. The van der Waals surface area contributed by atoms with E-state index >= 15 is 0 Å². The maximum atomic E-state index is 11.9. The Morgan fingerprint density at radius 1 is 1.29 bits per heavy atom. The summed E-state index contributed by atoms with van der Waals surface area (Å²) >= 11 is 0. The third kappa shape index (κ3) is 4.20. The van der Waals surface area contributed by atoms with Crippen LogP contribution in [0.2, 0.25) is 0 Å². The molecule has 2 heterocycles. The molecule has 2 N–H and O–H groups in total. The molecule has 0 aromatic carbocycles. The lowest BCUT2D eigenvalue weighted by Gasteiger charge is -2.21. The summed E-state index contributed by atoms with van der Waals surface area (Å²) in [5, 5.41) is 10.2. The summed E-state index contributed by atoms with van der Waals surface area (Å²) in [6.07, 6.45) is 10.4. The number of amides is 2. The Labute approximate surface area is 125 Å². The van der Waals surface area contributed by atoms with E-state index in [1.54, 1.807) is 6.20 Å². The predicted molar refractivity (Wildman–Crippen MR) is 80.2 cm³/mol. The van der Waals surface area contributed by atoms with E-state index in [0.717, 1.165) is 51.1 Å². The number of rotatable bonds is 4. The fourth-order valence-corrected chi connectivity index (χ4v) is 3.14. The highest BCUT2D eigenvalue weighted by Crippen LogP contribution is 2.19. The molecule has 0 radical (unpaired) electrons. The third-order valence-corrected chi connectivity index (χ3v) is 4.37. The van der Waals surface area contributed by atoms with Crippen LogP contribution in [-0.2, 0) is 11.3 Å². The molecule has 6 nitrogen and oxygen atoms in total. The van der Waals surface area contributed by atoms with Gasteiger partial charge in [0, 0.05) is 32.0 Å². The Morgan fingerprint density at radius 2 is 2.05 bits per heavy atom. The van der Waals surface area contributed by atoms with Gasteiger partial charge in [0.2, 0.25) is 0 Å². The summed E-state index contributed by atoms with van der Waals surface area (Å²) in [5.74, 6) is 0.624. The van der Waals surface area contributed by atoms with Crippen LogP contribution in [0.25, 0.3) is 0 Å². The molecule has 1 aromatic heterocycles. The van der Waals surface area contributed by atoms with Gasteiger partial charge in [0.1, 0.15) is 0 Å². The molecule has 1 saturated carbocycles. The average molecular weight is 292 g/mol. The van der Waals surface area contributed by atoms with Crippen LogP contribution in [0.3, 0.4) is 0 Å². The SMILES string of the molecule is O=C(Nc1cnn(CC2CCOCC2)c1)NC1CCCC1. The van der Waals surface area contributed by atoms with Gasteiger partial charge in [0.15, 0.2) is 0 Å². The van der Waals surface area contributed by atoms with E-state index in [1.807, 2.05) is 10.9 Å². The molecule has 3 rings (SSSR count). The normalized spacial score (nSPS) is 20.6. The summed E-state index contributed by atoms with van der Waals surface area (Å²) in [6.45, 7) is 2.59. The van der Waals surface area contributed by atoms with E-state index in [0.29, 0.717) is 12.0 Å². The van der Waals surface area contributed by atoms with Crippen LogP contribution in [-0.4, -0.2) is 35.1 Å². The Morgan fingerprint density at radius 3 is 2.81 bits per heavy atom. The van der Waals surface area contributed by atoms with Crippen molar-refractivity contribution in [1.29, 1.82) is 0 Å². The van der Waals surface area contributed by atoms with Gasteiger partial charge in [-0.25, -0.2) is 4.79 Å². The molecule has 1 aromatic rings. The molecule has 2 aliphatic rings. The van der Waals surface area contributed by atoms with E-state index in [9.17, 15) is 4.79 Å². The molecule has 0 spiro atoms. The molecule has 0 atom stereocenters. The van der Waals surface area contributed by atoms with Crippen LogP contribution in [0.5, 0.6) is 0 Å². The van der Waals surface area contributed by atoms with Crippen LogP contribution in [0.15, 0.2) is 12.4 Å². The smallest absolute Gasteiger partial charge is 0.319 e. The first-order valence-electron chi connectivity index (χ1n) is 7.97. The molecule has 116 valence electrons. The second-order valence-corrected chi connectivity index (χ2v) is 6.09. The van der Waals surface area contributed by atoms with E-state index in [4.69, 9.17) is 4.74 Å². The Bertz CT molecular complexity index is 462. The van der Waals surface area contributed by atoms with Crippen molar-refractivity contribution < 1.29 is 9.53 Å². The summed E-state index contributed by atoms with van der Waals surface area (Å²) < 4.78 is 7.28. The number of anilines is 1. The van der Waals surface area contributed by atoms with Crippen LogP contribution in [0.4, 0.5) is 10.5 Å². The minimum absolute atomic E-state index is 0.118. The van der Waals surface area contributed by atoms with E-state index in [2.05, 4.69) is 15.7 Å². The van der Waals surface area contributed by atoms with Gasteiger partial charge in [0.25, 0.3) is 0 Å². The summed E-state index contributed by atoms with van der Waals surface area (Å²) in [5.41, 5.74) is 0.762. The topological polar surface area (TPSA) is 68.2 Å². The van der Waals surface area contributed by atoms with Crippen LogP contribution < -0.4 is 10.6 Å². The second kappa shape index (κ2) is 6.93. The molecule has 1 aliphatic heterocycles. The summed E-state index contributed by atoms with van der Waals surface area (Å²) in [7, 11) is 0. The molecule has 21 heavy (non-hydrogen) atoms. The zero-order valence-corrected chi connectivity index (χ0v) is 12.4. The molecule has 2 fully saturated rings. The minimum atomic E-state index is -0.118. The van der Waals surface area contributed by atoms with Gasteiger partial charge < -0.3 is 15.4 Å². The van der Waals surface area contributed by atoms with Gasteiger partial charge in [-0.2, -0.15) is 5.10 Å². The predicted octanol–water partition coefficient (Wildman–Crippen LogP) is 2.37. The third-order valence-electron chi connectivity index (χ3n) is 4.37. The lowest BCUT2D eigenvalue weighted by molar-refractivity contribution is 0.0601. The van der Waals surface area contributed by atoms with Crippen molar-refractivity contribution in [3.8, 4) is 0 Å². The molecule has 2 amide bonds. The van der Waals surface area contributed by atoms with Gasteiger partial charge >= 0.3 is 6.03 Å². The fraction of sp³-hybridized carbons (Fsp3) is 0.733. The first kappa shape index (κ1) is 14.4. The molecule has 6 heteroatoms. The number of nitrogens with zero attached hydrogens (tertiary/aromatic N) is 2. The van der Waals surface area contributed by atoms with Crippen molar-refractivity contribution in [3.63, 3.8) is 0 Å². The average Bonchev–Trinajstić information content (AvgIpc) is 3.12. The van der Waals surface area contributed by atoms with Crippen LogP contribution >= 0.6 is 0 Å². The van der Waals surface area contributed by atoms with E-state index < -0.39 is 0 Å². The highest BCUT2D eigenvalue weighted by atomic mass is 16.5. The molecular weight excluding hydrogens is 268 g/mol. The monoisotopic (exact) mass is 292 g/mol. The number of carbonyl (C=O) groups excluding carboxylic acids is 1. The van der Waals surface area contributed by atoms with Crippen molar-refractivity contribution >= 4 is 11.7 Å². The van der Waals surface area contributed by atoms with Gasteiger partial charge in [-0.3, -0.25) is 4.68 Å². The van der Waals surface area contributed by atoms with Gasteiger partial charge in [-0.05, 0) is 31.6 Å². The molecule has 1 saturated heterocycles. The lowest BCUT2D eigenvalue weighted by atomic mass is 10.0. The number of ether oxygens (including phenoxy) is 1. The zero-order chi connectivity index (χ0) is 14.5. The summed E-state index contributed by atoms with van der Waals surface area (Å²) in [4.78, 5) is 11.9. The molecular formula is C15H24N4O2. The van der Waals surface area contributed by atoms with Crippen molar-refractivity contribution in [2.75, 3.05) is 18.5 Å². The highest BCUT2D eigenvalue weighted by Gasteiger charge is 2.18. The van der Waals surface area contributed by atoms with Gasteiger partial charge in [-0.15, -0.1) is 0 Å².